The van der Waals surface area contributed by atoms with Crippen LogP contribution in [0.25, 0.3) is 0 Å². The molecule has 1 fully saturated rings. The Bertz CT molecular complexity index is 458. The summed E-state index contributed by atoms with van der Waals surface area (Å²) in [7, 11) is 0. The molecule has 0 radical (unpaired) electrons. The van der Waals surface area contributed by atoms with Gasteiger partial charge in [0.1, 0.15) is 6.54 Å². The summed E-state index contributed by atoms with van der Waals surface area (Å²) in [5, 5.41) is 23.3. The molecule has 1 amide bonds. The number of carbonyl (C=O) groups is 1. The van der Waals surface area contributed by atoms with Crippen molar-refractivity contribution in [3.05, 3.63) is 22.4 Å². The Labute approximate surface area is 103 Å². The van der Waals surface area contributed by atoms with Gasteiger partial charge in [0.15, 0.2) is 0 Å². The van der Waals surface area contributed by atoms with Crippen LogP contribution in [0.1, 0.15) is 12.8 Å². The van der Waals surface area contributed by atoms with Gasteiger partial charge in [0.2, 0.25) is 5.91 Å². The number of carbonyl (C=O) groups excluding carboxylic acids is 1. The number of aliphatic hydroxyl groups is 1. The minimum Gasteiger partial charge on any atom is -0.394 e. The monoisotopic (exact) mass is 254 g/mol. The fourth-order valence-corrected chi connectivity index (χ4v) is 2.12. The molecule has 0 bridgehead atoms. The molecule has 98 valence electrons. The van der Waals surface area contributed by atoms with E-state index in [9.17, 15) is 14.9 Å². The second-order valence-electron chi connectivity index (χ2n) is 4.19. The van der Waals surface area contributed by atoms with Crippen molar-refractivity contribution in [1.82, 2.24) is 14.7 Å². The lowest BCUT2D eigenvalue weighted by molar-refractivity contribution is -0.389. The Balaban J connectivity index is 2.00. The number of hydrogen-bond donors (Lipinski definition) is 1. The largest absolute Gasteiger partial charge is 0.394 e. The SMILES string of the molecule is O=C(Cn1ccc([N+](=O)[O-])n1)N1CCC[C@H]1CO. The van der Waals surface area contributed by atoms with Gasteiger partial charge in [0.05, 0.1) is 30.0 Å². The Morgan fingerprint density at radius 1 is 1.67 bits per heavy atom. The average molecular weight is 254 g/mol. The Kier molecular flexibility index (Phi) is 3.56. The molecule has 1 aliphatic rings. The zero-order valence-electron chi connectivity index (χ0n) is 9.73. The molecule has 0 saturated carbocycles. The van der Waals surface area contributed by atoms with Crippen molar-refractivity contribution in [2.45, 2.75) is 25.4 Å². The summed E-state index contributed by atoms with van der Waals surface area (Å²) in [6.45, 7) is 0.531. The minimum atomic E-state index is -0.604. The fraction of sp³-hybridized carbons (Fsp3) is 0.600. The van der Waals surface area contributed by atoms with Crippen LogP contribution in [-0.2, 0) is 11.3 Å². The van der Waals surface area contributed by atoms with E-state index >= 15 is 0 Å². The molecule has 0 spiro atoms. The van der Waals surface area contributed by atoms with Crippen LogP contribution in [0.3, 0.4) is 0 Å². The van der Waals surface area contributed by atoms with E-state index in [0.717, 1.165) is 12.8 Å². The first-order valence-electron chi connectivity index (χ1n) is 5.70. The summed E-state index contributed by atoms with van der Waals surface area (Å²) in [6.07, 6.45) is 3.07. The zero-order chi connectivity index (χ0) is 13.1. The van der Waals surface area contributed by atoms with E-state index in [1.807, 2.05) is 0 Å². The Hall–Kier alpha value is -1.96. The lowest BCUT2D eigenvalue weighted by atomic mass is 10.2. The number of aromatic nitrogens is 2. The summed E-state index contributed by atoms with van der Waals surface area (Å²) in [6, 6.07) is 1.11. The van der Waals surface area contributed by atoms with Crippen molar-refractivity contribution in [1.29, 1.82) is 0 Å². The van der Waals surface area contributed by atoms with Crippen LogP contribution in [0, 0.1) is 10.1 Å². The van der Waals surface area contributed by atoms with E-state index in [1.165, 1.54) is 16.9 Å². The molecule has 1 aromatic rings. The number of hydrogen-bond acceptors (Lipinski definition) is 5. The maximum Gasteiger partial charge on any atom is 0.389 e. The standard InChI is InChI=1S/C10H14N4O4/c15-7-8-2-1-4-13(8)10(16)6-12-5-3-9(11-12)14(17)18/h3,5,8,15H,1-2,4,6-7H2/t8-/m0/s1. The summed E-state index contributed by atoms with van der Waals surface area (Å²) in [5.41, 5.74) is 0. The summed E-state index contributed by atoms with van der Waals surface area (Å²) in [4.78, 5) is 23.4. The van der Waals surface area contributed by atoms with Crippen LogP contribution < -0.4 is 0 Å². The van der Waals surface area contributed by atoms with Gasteiger partial charge in [-0.1, -0.05) is 0 Å². The molecule has 1 saturated heterocycles. The van der Waals surface area contributed by atoms with Crippen LogP contribution in [0.15, 0.2) is 12.3 Å². The Morgan fingerprint density at radius 3 is 3.06 bits per heavy atom. The van der Waals surface area contributed by atoms with Crippen molar-refractivity contribution < 1.29 is 14.8 Å². The number of likely N-dealkylation sites (tertiary alicyclic amines) is 1. The van der Waals surface area contributed by atoms with E-state index in [4.69, 9.17) is 5.11 Å². The smallest absolute Gasteiger partial charge is 0.389 e. The molecule has 0 aliphatic carbocycles. The van der Waals surface area contributed by atoms with Gasteiger partial charge in [-0.25, -0.2) is 0 Å². The van der Waals surface area contributed by atoms with Crippen molar-refractivity contribution in [2.24, 2.45) is 0 Å². The third-order valence-corrected chi connectivity index (χ3v) is 3.02. The van der Waals surface area contributed by atoms with Gasteiger partial charge in [-0.15, -0.1) is 0 Å². The van der Waals surface area contributed by atoms with Crippen molar-refractivity contribution in [3.63, 3.8) is 0 Å². The zero-order valence-corrected chi connectivity index (χ0v) is 9.73. The van der Waals surface area contributed by atoms with Crippen molar-refractivity contribution in [2.75, 3.05) is 13.2 Å². The van der Waals surface area contributed by atoms with Gasteiger partial charge < -0.3 is 20.1 Å². The first-order chi connectivity index (χ1) is 8.61. The van der Waals surface area contributed by atoms with Crippen LogP contribution in [0.4, 0.5) is 5.82 Å². The number of nitro groups is 1. The highest BCUT2D eigenvalue weighted by Crippen LogP contribution is 2.17. The number of amides is 1. The third-order valence-electron chi connectivity index (χ3n) is 3.02. The first-order valence-corrected chi connectivity index (χ1v) is 5.70. The average Bonchev–Trinajstić information content (AvgIpc) is 2.96. The quantitative estimate of drug-likeness (QED) is 0.591. The van der Waals surface area contributed by atoms with Crippen molar-refractivity contribution in [3.8, 4) is 0 Å². The number of rotatable bonds is 4. The highest BCUT2D eigenvalue weighted by atomic mass is 16.6. The molecule has 1 N–H and O–H groups in total. The normalized spacial score (nSPS) is 19.2. The molecule has 1 aliphatic heterocycles. The van der Waals surface area contributed by atoms with Crippen LogP contribution in [0.2, 0.25) is 0 Å². The topological polar surface area (TPSA) is 102 Å². The van der Waals surface area contributed by atoms with Crippen LogP contribution in [0.5, 0.6) is 0 Å². The lowest BCUT2D eigenvalue weighted by Crippen LogP contribution is -2.39. The molecule has 18 heavy (non-hydrogen) atoms. The van der Waals surface area contributed by atoms with Crippen molar-refractivity contribution >= 4 is 11.7 Å². The highest BCUT2D eigenvalue weighted by molar-refractivity contribution is 5.76. The van der Waals surface area contributed by atoms with E-state index in [2.05, 4.69) is 5.10 Å². The number of aliphatic hydroxyl groups excluding tert-OH is 1. The van der Waals surface area contributed by atoms with E-state index in [1.54, 1.807) is 4.90 Å². The van der Waals surface area contributed by atoms with E-state index in [0.29, 0.717) is 6.54 Å². The molecule has 2 rings (SSSR count). The van der Waals surface area contributed by atoms with Gasteiger partial charge in [0, 0.05) is 6.54 Å². The van der Waals surface area contributed by atoms with E-state index in [-0.39, 0.29) is 30.9 Å². The molecule has 8 heteroatoms. The molecular weight excluding hydrogens is 240 g/mol. The maximum atomic E-state index is 11.9. The predicted molar refractivity (Wildman–Crippen MR) is 60.7 cm³/mol. The summed E-state index contributed by atoms with van der Waals surface area (Å²) < 4.78 is 1.24. The second-order valence-corrected chi connectivity index (χ2v) is 4.19. The Morgan fingerprint density at radius 2 is 2.44 bits per heavy atom. The van der Waals surface area contributed by atoms with Crippen LogP contribution >= 0.6 is 0 Å². The second kappa shape index (κ2) is 5.13. The minimum absolute atomic E-state index is 0.0374. The molecule has 0 aromatic carbocycles. The maximum absolute atomic E-state index is 11.9. The molecule has 8 nitrogen and oxygen atoms in total. The molecule has 0 unspecified atom stereocenters. The van der Waals surface area contributed by atoms with Gasteiger partial charge in [0.25, 0.3) is 0 Å². The van der Waals surface area contributed by atoms with Gasteiger partial charge >= 0.3 is 5.82 Å². The van der Waals surface area contributed by atoms with Gasteiger partial charge in [-0.3, -0.25) is 4.79 Å². The number of nitrogens with zero attached hydrogens (tertiary/aromatic N) is 4. The van der Waals surface area contributed by atoms with Crippen LogP contribution in [-0.4, -0.2) is 49.8 Å². The summed E-state index contributed by atoms with van der Waals surface area (Å²) >= 11 is 0. The first kappa shape index (κ1) is 12.5. The fourth-order valence-electron chi connectivity index (χ4n) is 2.12. The lowest BCUT2D eigenvalue weighted by Gasteiger charge is -2.22. The highest BCUT2D eigenvalue weighted by Gasteiger charge is 2.28. The molecule has 1 atom stereocenters. The molecular formula is C10H14N4O4. The van der Waals surface area contributed by atoms with Gasteiger partial charge in [-0.05, 0) is 17.8 Å². The molecule has 2 heterocycles. The molecule has 1 aromatic heterocycles. The third kappa shape index (κ3) is 2.48. The summed E-state index contributed by atoms with van der Waals surface area (Å²) in [5.74, 6) is -0.451. The van der Waals surface area contributed by atoms with E-state index < -0.39 is 4.92 Å². The predicted octanol–water partition coefficient (Wildman–Crippen LogP) is -0.225. The van der Waals surface area contributed by atoms with Gasteiger partial charge in [-0.2, -0.15) is 4.68 Å².